The Balaban J connectivity index is 3.23. The molecular weight excluding hydrogens is 303 g/mol. The topological polar surface area (TPSA) is 57.7 Å². The third kappa shape index (κ3) is 4.44. The maximum absolute atomic E-state index is 12.3. The van der Waals surface area contributed by atoms with Crippen molar-refractivity contribution in [3.05, 3.63) is 17.3 Å². The van der Waals surface area contributed by atoms with Gasteiger partial charge in [-0.25, -0.2) is 4.98 Å². The highest BCUT2D eigenvalue weighted by atomic mass is 35.5. The molecule has 0 N–H and O–H groups in total. The van der Waals surface area contributed by atoms with Gasteiger partial charge in [0.2, 0.25) is 5.88 Å². The number of esters is 1. The molecule has 0 unspecified atom stereocenters. The molecule has 5 nitrogen and oxygen atoms in total. The van der Waals surface area contributed by atoms with E-state index in [-0.39, 0.29) is 29.3 Å². The Morgan fingerprint density at radius 2 is 2.05 bits per heavy atom. The third-order valence-corrected chi connectivity index (χ3v) is 2.48. The zero-order valence-electron chi connectivity index (χ0n) is 10.6. The van der Waals surface area contributed by atoms with Gasteiger partial charge in [-0.15, -0.1) is 24.8 Å². The number of pyridine rings is 1. The maximum Gasteiger partial charge on any atom is 0.574 e. The molecule has 0 aliphatic rings. The van der Waals surface area contributed by atoms with Crippen molar-refractivity contribution in [3.8, 4) is 11.6 Å². The van der Waals surface area contributed by atoms with Crippen LogP contribution in [0.5, 0.6) is 11.6 Å². The van der Waals surface area contributed by atoms with E-state index in [4.69, 9.17) is 16.3 Å². The molecule has 0 aliphatic carbocycles. The largest absolute Gasteiger partial charge is 0.574 e. The maximum atomic E-state index is 12.3. The number of hydrogen-bond donors (Lipinski definition) is 0. The van der Waals surface area contributed by atoms with Gasteiger partial charge in [0.05, 0.1) is 37.8 Å². The normalized spacial score (nSPS) is 11.1. The molecule has 0 bridgehead atoms. The number of carbonyl (C=O) groups excluding carboxylic acids is 1. The second-order valence-electron chi connectivity index (χ2n) is 3.53. The molecular formula is C11H11ClF3NO4. The molecule has 20 heavy (non-hydrogen) atoms. The lowest BCUT2D eigenvalue weighted by molar-refractivity contribution is -0.276. The Labute approximate surface area is 117 Å². The molecule has 1 aromatic heterocycles. The molecule has 0 saturated carbocycles. The van der Waals surface area contributed by atoms with Crippen LogP contribution in [0.15, 0.2) is 6.07 Å². The zero-order valence-corrected chi connectivity index (χ0v) is 11.3. The van der Waals surface area contributed by atoms with Gasteiger partial charge in [0, 0.05) is 6.07 Å². The summed E-state index contributed by atoms with van der Waals surface area (Å²) in [5, 5.41) is 0. The molecule has 0 aliphatic heterocycles. The first-order chi connectivity index (χ1) is 9.30. The van der Waals surface area contributed by atoms with Crippen LogP contribution in [0, 0.1) is 0 Å². The van der Waals surface area contributed by atoms with Gasteiger partial charge in [0.25, 0.3) is 0 Å². The van der Waals surface area contributed by atoms with Gasteiger partial charge in [-0.3, -0.25) is 4.79 Å². The van der Waals surface area contributed by atoms with Crippen molar-refractivity contribution in [1.29, 1.82) is 0 Å². The second-order valence-corrected chi connectivity index (χ2v) is 3.80. The minimum Gasteiger partial charge on any atom is -0.496 e. The first-order valence-electron chi connectivity index (χ1n) is 5.26. The van der Waals surface area contributed by atoms with E-state index in [1.165, 1.54) is 13.2 Å². The number of halogens is 4. The molecule has 9 heteroatoms. The Morgan fingerprint density at radius 3 is 2.50 bits per heavy atom. The van der Waals surface area contributed by atoms with Crippen LogP contribution >= 0.6 is 11.6 Å². The van der Waals surface area contributed by atoms with E-state index in [9.17, 15) is 18.0 Å². The first kappa shape index (κ1) is 16.4. The molecule has 1 rings (SSSR count). The third-order valence-electron chi connectivity index (χ3n) is 2.22. The Hall–Kier alpha value is -1.70. The lowest BCUT2D eigenvalue weighted by atomic mass is 10.2. The van der Waals surface area contributed by atoms with E-state index in [0.29, 0.717) is 0 Å². The van der Waals surface area contributed by atoms with Crippen molar-refractivity contribution in [1.82, 2.24) is 4.98 Å². The summed E-state index contributed by atoms with van der Waals surface area (Å²) in [4.78, 5) is 14.8. The van der Waals surface area contributed by atoms with Crippen LogP contribution in [0.4, 0.5) is 13.2 Å². The molecule has 0 saturated heterocycles. The Kier molecular flexibility index (Phi) is 5.43. The van der Waals surface area contributed by atoms with Gasteiger partial charge < -0.3 is 14.2 Å². The molecule has 1 heterocycles. The summed E-state index contributed by atoms with van der Waals surface area (Å²) >= 11 is 5.57. The summed E-state index contributed by atoms with van der Waals surface area (Å²) in [7, 11) is 2.41. The molecule has 112 valence electrons. The predicted molar refractivity (Wildman–Crippen MR) is 62.7 cm³/mol. The fraction of sp³-hybridized carbons (Fsp3) is 0.455. The average molecular weight is 314 g/mol. The number of rotatable bonds is 5. The fourth-order valence-corrected chi connectivity index (χ4v) is 1.63. The van der Waals surface area contributed by atoms with E-state index in [0.717, 1.165) is 7.11 Å². The number of hydrogen-bond acceptors (Lipinski definition) is 5. The molecule has 0 fully saturated rings. The molecule has 0 radical (unpaired) electrons. The predicted octanol–water partition coefficient (Wildman–Crippen LogP) is 2.44. The van der Waals surface area contributed by atoms with E-state index in [1.54, 1.807) is 0 Å². The van der Waals surface area contributed by atoms with Crippen molar-refractivity contribution in [2.24, 2.45) is 0 Å². The fourth-order valence-electron chi connectivity index (χ4n) is 1.38. The van der Waals surface area contributed by atoms with Gasteiger partial charge in [-0.05, 0) is 0 Å². The number of aromatic nitrogens is 1. The number of methoxy groups -OCH3 is 2. The van der Waals surface area contributed by atoms with Crippen molar-refractivity contribution in [3.63, 3.8) is 0 Å². The zero-order chi connectivity index (χ0) is 15.3. The van der Waals surface area contributed by atoms with Crippen molar-refractivity contribution >= 4 is 17.6 Å². The van der Waals surface area contributed by atoms with Crippen molar-refractivity contribution in [2.45, 2.75) is 18.7 Å². The quantitative estimate of drug-likeness (QED) is 0.617. The lowest BCUT2D eigenvalue weighted by Gasteiger charge is -2.15. The monoisotopic (exact) mass is 313 g/mol. The van der Waals surface area contributed by atoms with Gasteiger partial charge in [0.15, 0.2) is 0 Å². The summed E-state index contributed by atoms with van der Waals surface area (Å²) in [6.45, 7) is 0. The van der Waals surface area contributed by atoms with Gasteiger partial charge in [-0.1, -0.05) is 0 Å². The van der Waals surface area contributed by atoms with E-state index in [2.05, 4.69) is 14.5 Å². The number of alkyl halides is 4. The van der Waals surface area contributed by atoms with Crippen LogP contribution in [-0.4, -0.2) is 31.5 Å². The summed E-state index contributed by atoms with van der Waals surface area (Å²) < 4.78 is 50.1. The molecule has 0 spiro atoms. The first-order valence-corrected chi connectivity index (χ1v) is 5.79. The van der Waals surface area contributed by atoms with Crippen molar-refractivity contribution < 1.29 is 32.2 Å². The SMILES string of the molecule is COC(=O)Cc1cc(OC)c(CCl)c(OC(F)(F)F)n1. The van der Waals surface area contributed by atoms with Gasteiger partial charge in [0.1, 0.15) is 5.75 Å². The summed E-state index contributed by atoms with van der Waals surface area (Å²) in [5.41, 5.74) is -0.0399. The van der Waals surface area contributed by atoms with E-state index < -0.39 is 18.2 Å². The van der Waals surface area contributed by atoms with Crippen LogP contribution in [0.25, 0.3) is 0 Å². The summed E-state index contributed by atoms with van der Waals surface area (Å²) in [5.74, 6) is -1.64. The van der Waals surface area contributed by atoms with Crippen LogP contribution in [0.2, 0.25) is 0 Å². The number of carbonyl (C=O) groups is 1. The standard InChI is InChI=1S/C11H11ClF3NO4/c1-18-8-3-6(4-9(17)19-2)16-10(7(8)5-12)20-11(13,14)15/h3H,4-5H2,1-2H3. The smallest absolute Gasteiger partial charge is 0.496 e. The highest BCUT2D eigenvalue weighted by Crippen LogP contribution is 2.33. The van der Waals surface area contributed by atoms with Crippen LogP contribution in [0.3, 0.4) is 0 Å². The Morgan fingerprint density at radius 1 is 1.40 bits per heavy atom. The van der Waals surface area contributed by atoms with E-state index >= 15 is 0 Å². The molecule has 1 aromatic rings. The number of nitrogens with zero attached hydrogens (tertiary/aromatic N) is 1. The van der Waals surface area contributed by atoms with Crippen LogP contribution < -0.4 is 9.47 Å². The highest BCUT2D eigenvalue weighted by Gasteiger charge is 2.34. The molecule has 0 amide bonds. The number of ether oxygens (including phenoxy) is 3. The van der Waals surface area contributed by atoms with Gasteiger partial charge >= 0.3 is 12.3 Å². The van der Waals surface area contributed by atoms with Crippen LogP contribution in [0.1, 0.15) is 11.3 Å². The lowest BCUT2D eigenvalue weighted by Crippen LogP contribution is -2.20. The minimum absolute atomic E-state index is 0.0156. The molecule has 0 atom stereocenters. The summed E-state index contributed by atoms with van der Waals surface area (Å²) in [6, 6.07) is 1.30. The summed E-state index contributed by atoms with van der Waals surface area (Å²) in [6.07, 6.45) is -5.24. The average Bonchev–Trinajstić information content (AvgIpc) is 2.36. The highest BCUT2D eigenvalue weighted by molar-refractivity contribution is 6.17. The molecule has 0 aromatic carbocycles. The van der Waals surface area contributed by atoms with Crippen LogP contribution in [-0.2, 0) is 21.8 Å². The van der Waals surface area contributed by atoms with Crippen molar-refractivity contribution in [2.75, 3.05) is 14.2 Å². The van der Waals surface area contributed by atoms with Gasteiger partial charge in [-0.2, -0.15) is 0 Å². The van der Waals surface area contributed by atoms with E-state index in [1.807, 2.05) is 0 Å². The minimum atomic E-state index is -4.93. The second kappa shape index (κ2) is 6.65. The Bertz CT molecular complexity index is 493.